The molecule has 0 radical (unpaired) electrons. The average molecular weight is 429 g/mol. The summed E-state index contributed by atoms with van der Waals surface area (Å²) >= 11 is 0. The molecule has 31 heavy (non-hydrogen) atoms. The summed E-state index contributed by atoms with van der Waals surface area (Å²) < 4.78 is 18.8. The van der Waals surface area contributed by atoms with Crippen molar-refractivity contribution in [1.29, 1.82) is 0 Å². The van der Waals surface area contributed by atoms with Gasteiger partial charge in [-0.15, -0.1) is 0 Å². The lowest BCUT2D eigenvalue weighted by molar-refractivity contribution is -0.154. The van der Waals surface area contributed by atoms with Crippen LogP contribution in [0, 0.1) is 11.8 Å². The van der Waals surface area contributed by atoms with Crippen LogP contribution in [0.5, 0.6) is 0 Å². The number of esters is 1. The Morgan fingerprint density at radius 1 is 0.968 bits per heavy atom. The maximum absolute atomic E-state index is 12.8. The second-order valence-electron chi connectivity index (χ2n) is 9.52. The van der Waals surface area contributed by atoms with Crippen LogP contribution < -0.4 is 0 Å². The topological polar surface area (TPSA) is 44.8 Å². The summed E-state index contributed by atoms with van der Waals surface area (Å²) in [6, 6.07) is 0. The van der Waals surface area contributed by atoms with Crippen molar-refractivity contribution < 1.29 is 19.0 Å². The van der Waals surface area contributed by atoms with Crippen LogP contribution in [0.3, 0.4) is 0 Å². The third-order valence-corrected chi connectivity index (χ3v) is 6.73. The second kappa shape index (κ2) is 11.8. The fourth-order valence-electron chi connectivity index (χ4n) is 5.02. The number of cyclic esters (lactones) is 1. The zero-order chi connectivity index (χ0) is 22.2. The van der Waals surface area contributed by atoms with Gasteiger partial charge in [0.2, 0.25) is 0 Å². The number of ether oxygens (including phenoxy) is 3. The molecule has 0 aliphatic carbocycles. The first-order chi connectivity index (χ1) is 15.0. The molecule has 0 amide bonds. The Labute approximate surface area is 188 Å². The summed E-state index contributed by atoms with van der Waals surface area (Å²) in [7, 11) is 0. The lowest BCUT2D eigenvalue weighted by Gasteiger charge is -2.37. The van der Waals surface area contributed by atoms with Gasteiger partial charge in [-0.05, 0) is 57.4 Å². The molecule has 0 aromatic carbocycles. The van der Waals surface area contributed by atoms with Crippen molar-refractivity contribution in [2.45, 2.75) is 103 Å². The zero-order valence-electron chi connectivity index (χ0n) is 19.5. The lowest BCUT2D eigenvalue weighted by atomic mass is 9.90. The molecule has 3 unspecified atom stereocenters. The maximum atomic E-state index is 12.8. The van der Waals surface area contributed by atoms with E-state index in [0.717, 1.165) is 38.5 Å². The van der Waals surface area contributed by atoms with Crippen LogP contribution in [-0.4, -0.2) is 36.5 Å². The fourth-order valence-corrected chi connectivity index (χ4v) is 5.02. The summed E-state index contributed by atoms with van der Waals surface area (Å²) in [5, 5.41) is 0. The van der Waals surface area contributed by atoms with Gasteiger partial charge in [-0.1, -0.05) is 56.4 Å². The van der Waals surface area contributed by atoms with Gasteiger partial charge in [0.1, 0.15) is 6.10 Å². The molecule has 3 heterocycles. The maximum Gasteiger partial charge on any atom is 0.309 e. The molecule has 4 nitrogen and oxygen atoms in total. The van der Waals surface area contributed by atoms with Crippen molar-refractivity contribution in [3.63, 3.8) is 0 Å². The van der Waals surface area contributed by atoms with Crippen LogP contribution in [0.4, 0.5) is 0 Å². The molecule has 0 N–H and O–H groups in total. The Morgan fingerprint density at radius 3 is 2.42 bits per heavy atom. The number of hydrogen-bond donors (Lipinski definition) is 0. The number of fused-ring (bicyclic) bond motifs is 4. The quantitative estimate of drug-likeness (QED) is 0.303. The molecule has 0 aromatic rings. The van der Waals surface area contributed by atoms with Crippen molar-refractivity contribution in [1.82, 2.24) is 0 Å². The van der Waals surface area contributed by atoms with Gasteiger partial charge in [-0.3, -0.25) is 4.79 Å². The third-order valence-electron chi connectivity index (χ3n) is 6.73. The highest BCUT2D eigenvalue weighted by atomic mass is 16.5. The normalized spacial score (nSPS) is 40.4. The molecule has 3 aliphatic heterocycles. The largest absolute Gasteiger partial charge is 0.457 e. The molecule has 2 fully saturated rings. The van der Waals surface area contributed by atoms with Crippen molar-refractivity contribution >= 4 is 5.97 Å². The van der Waals surface area contributed by atoms with E-state index < -0.39 is 0 Å². The summed E-state index contributed by atoms with van der Waals surface area (Å²) in [5.74, 6) is 0.305. The summed E-state index contributed by atoms with van der Waals surface area (Å²) in [6.45, 7) is 10.2. The van der Waals surface area contributed by atoms with E-state index in [2.05, 4.69) is 45.6 Å². The van der Waals surface area contributed by atoms with Gasteiger partial charge in [-0.2, -0.15) is 0 Å². The fraction of sp³-hybridized carbons (Fsp3) is 0.667. The average Bonchev–Trinajstić information content (AvgIpc) is 2.74. The molecule has 3 aliphatic rings. The van der Waals surface area contributed by atoms with E-state index in [-0.39, 0.29) is 42.7 Å². The minimum Gasteiger partial charge on any atom is -0.457 e. The Balaban J connectivity index is 1.81. The number of rotatable bonds is 2. The highest BCUT2D eigenvalue weighted by Gasteiger charge is 2.32. The third kappa shape index (κ3) is 7.47. The summed E-state index contributed by atoms with van der Waals surface area (Å²) in [4.78, 5) is 12.8. The Hall–Kier alpha value is -1.65. The standard InChI is InChI=1S/C27H40O4/c1-5-7-11-26-20(4)13-12-19(3)14-22-9-8-10-23(29-22)17-24-15-21(6-2)16-25(30-24)18-27(28)31-26/h5-7,11-13,19-20,22-26H,1,8-10,14-18H2,2-4H3/b11-7+,13-12+,21-6-/t19-,20-,22+,23?,24+,25?,26?/m0/s1. The van der Waals surface area contributed by atoms with E-state index >= 15 is 0 Å². The number of carbonyl (C=O) groups excluding carboxylic acids is 1. The molecular weight excluding hydrogens is 388 g/mol. The van der Waals surface area contributed by atoms with Crippen molar-refractivity contribution in [3.8, 4) is 0 Å². The van der Waals surface area contributed by atoms with Crippen molar-refractivity contribution in [3.05, 3.63) is 48.6 Å². The first kappa shape index (κ1) is 24.0. The van der Waals surface area contributed by atoms with Crippen LogP contribution in [0.15, 0.2) is 48.6 Å². The van der Waals surface area contributed by atoms with E-state index in [1.54, 1.807) is 6.08 Å². The predicted octanol–water partition coefficient (Wildman–Crippen LogP) is 6.08. The van der Waals surface area contributed by atoms with Gasteiger partial charge in [0.05, 0.1) is 30.8 Å². The van der Waals surface area contributed by atoms with Crippen LogP contribution in [-0.2, 0) is 19.0 Å². The first-order valence-corrected chi connectivity index (χ1v) is 12.1. The molecule has 0 aromatic heterocycles. The van der Waals surface area contributed by atoms with Crippen LogP contribution in [0.2, 0.25) is 0 Å². The van der Waals surface area contributed by atoms with Gasteiger partial charge < -0.3 is 14.2 Å². The molecule has 4 bridgehead atoms. The van der Waals surface area contributed by atoms with Gasteiger partial charge in [0, 0.05) is 12.3 Å². The molecule has 2 saturated heterocycles. The number of allylic oxidation sites excluding steroid dienone is 4. The van der Waals surface area contributed by atoms with Gasteiger partial charge in [-0.25, -0.2) is 0 Å². The van der Waals surface area contributed by atoms with Crippen molar-refractivity contribution in [2.24, 2.45) is 11.8 Å². The highest BCUT2D eigenvalue weighted by Crippen LogP contribution is 2.33. The smallest absolute Gasteiger partial charge is 0.309 e. The second-order valence-corrected chi connectivity index (χ2v) is 9.52. The molecule has 4 heteroatoms. The van der Waals surface area contributed by atoms with Gasteiger partial charge in [0.25, 0.3) is 0 Å². The Kier molecular flexibility index (Phi) is 9.15. The Morgan fingerprint density at radius 2 is 1.68 bits per heavy atom. The molecular formula is C27H40O4. The van der Waals surface area contributed by atoms with E-state index in [1.165, 1.54) is 12.0 Å². The molecule has 172 valence electrons. The highest BCUT2D eigenvalue weighted by molar-refractivity contribution is 5.70. The van der Waals surface area contributed by atoms with E-state index in [1.807, 2.05) is 12.2 Å². The predicted molar refractivity (Wildman–Crippen MR) is 125 cm³/mol. The first-order valence-electron chi connectivity index (χ1n) is 12.1. The molecule has 0 spiro atoms. The minimum absolute atomic E-state index is 0.0849. The van der Waals surface area contributed by atoms with E-state index in [0.29, 0.717) is 12.0 Å². The summed E-state index contributed by atoms with van der Waals surface area (Å²) in [5.41, 5.74) is 1.37. The minimum atomic E-state index is -0.308. The van der Waals surface area contributed by atoms with Crippen LogP contribution in [0.1, 0.15) is 72.1 Å². The zero-order valence-corrected chi connectivity index (χ0v) is 19.5. The number of hydrogen-bond acceptors (Lipinski definition) is 4. The van der Waals surface area contributed by atoms with Crippen LogP contribution in [0.25, 0.3) is 0 Å². The van der Waals surface area contributed by atoms with E-state index in [4.69, 9.17) is 14.2 Å². The number of carbonyl (C=O) groups is 1. The summed E-state index contributed by atoms with van der Waals surface area (Å²) in [6.07, 6.45) is 19.8. The molecule has 3 rings (SSSR count). The monoisotopic (exact) mass is 428 g/mol. The van der Waals surface area contributed by atoms with Crippen molar-refractivity contribution in [2.75, 3.05) is 0 Å². The van der Waals surface area contributed by atoms with Gasteiger partial charge >= 0.3 is 5.97 Å². The van der Waals surface area contributed by atoms with Crippen LogP contribution >= 0.6 is 0 Å². The SMILES string of the molecule is C=C/C=C/C1OC(=O)CC2C/C(=C\C)C[C@H](CC3CCC[C@H](C[C@@H](C)/C=C/[C@@H]1C)O3)O2. The molecule has 0 saturated carbocycles. The Bertz CT molecular complexity index is 691. The molecule has 7 atom stereocenters. The lowest BCUT2D eigenvalue weighted by Crippen LogP contribution is -2.37. The van der Waals surface area contributed by atoms with Gasteiger partial charge in [0.15, 0.2) is 0 Å². The van der Waals surface area contributed by atoms with E-state index in [9.17, 15) is 4.79 Å².